The van der Waals surface area contributed by atoms with Gasteiger partial charge >= 0.3 is 0 Å². The monoisotopic (exact) mass is 485 g/mol. The second-order valence-corrected chi connectivity index (χ2v) is 10.2. The number of ketones is 1. The van der Waals surface area contributed by atoms with Crippen LogP contribution in [0.15, 0.2) is 72.8 Å². The van der Waals surface area contributed by atoms with Crippen molar-refractivity contribution in [1.29, 1.82) is 0 Å². The Labute approximate surface area is 210 Å². The largest absolute Gasteiger partial charge is 0.508 e. The molecule has 0 unspecified atom stereocenters. The maximum Gasteiger partial charge on any atom is 0.195 e. The lowest BCUT2D eigenvalue weighted by Crippen LogP contribution is -2.31. The van der Waals surface area contributed by atoms with Crippen LogP contribution < -0.4 is 4.74 Å². The Morgan fingerprint density at radius 3 is 2.66 bits per heavy atom. The molecule has 0 amide bonds. The van der Waals surface area contributed by atoms with E-state index in [4.69, 9.17) is 4.74 Å². The van der Waals surface area contributed by atoms with Gasteiger partial charge in [0.05, 0.1) is 6.61 Å². The fourth-order valence-corrected chi connectivity index (χ4v) is 6.06. The summed E-state index contributed by atoms with van der Waals surface area (Å²) in [5, 5.41) is 10.9. The van der Waals surface area contributed by atoms with Crippen LogP contribution in [0.3, 0.4) is 0 Å². The Morgan fingerprint density at radius 1 is 1.00 bits per heavy atom. The Hall–Kier alpha value is -3.15. The maximum absolute atomic E-state index is 13.7. The molecule has 4 nitrogen and oxygen atoms in total. The predicted molar refractivity (Wildman–Crippen MR) is 145 cm³/mol. The van der Waals surface area contributed by atoms with Crippen LogP contribution in [0, 0.1) is 0 Å². The highest BCUT2D eigenvalue weighted by molar-refractivity contribution is 7.20. The van der Waals surface area contributed by atoms with E-state index >= 15 is 0 Å². The van der Waals surface area contributed by atoms with Crippen LogP contribution in [0.2, 0.25) is 0 Å². The molecule has 5 heteroatoms. The highest BCUT2D eigenvalue weighted by atomic mass is 32.1. The summed E-state index contributed by atoms with van der Waals surface area (Å²) < 4.78 is 6.86. The summed E-state index contributed by atoms with van der Waals surface area (Å²) in [5.41, 5.74) is 2.45. The third-order valence-corrected chi connectivity index (χ3v) is 7.87. The van der Waals surface area contributed by atoms with Crippen LogP contribution in [0.25, 0.3) is 15.7 Å². The second-order valence-electron chi connectivity index (χ2n) is 9.15. The molecule has 1 aliphatic heterocycles. The Kier molecular flexibility index (Phi) is 7.45. The van der Waals surface area contributed by atoms with Gasteiger partial charge in [0, 0.05) is 32.6 Å². The molecule has 1 saturated heterocycles. The molecule has 2 heterocycles. The number of benzene rings is 2. The highest BCUT2D eigenvalue weighted by Gasteiger charge is 2.22. The molecular weight excluding hydrogens is 454 g/mol. The number of carbonyl (C=O) groups excluding carboxylic acids is 1. The molecule has 0 saturated carbocycles. The molecule has 1 aliphatic carbocycles. The van der Waals surface area contributed by atoms with Gasteiger partial charge in [0.25, 0.3) is 0 Å². The number of phenols is 1. The van der Waals surface area contributed by atoms with E-state index in [9.17, 15) is 9.90 Å². The third kappa shape index (κ3) is 5.58. The van der Waals surface area contributed by atoms with E-state index in [1.165, 1.54) is 32.4 Å². The summed E-state index contributed by atoms with van der Waals surface area (Å²) in [7, 11) is 0. The fraction of sp³-hybridized carbons (Fsp3) is 0.300. The zero-order valence-corrected chi connectivity index (χ0v) is 20.7. The van der Waals surface area contributed by atoms with E-state index in [0.29, 0.717) is 17.7 Å². The minimum atomic E-state index is -0.00769. The summed E-state index contributed by atoms with van der Waals surface area (Å²) in [6.07, 6.45) is 15.9. The lowest BCUT2D eigenvalue weighted by atomic mass is 9.96. The van der Waals surface area contributed by atoms with Gasteiger partial charge in [-0.2, -0.15) is 0 Å². The van der Waals surface area contributed by atoms with Crippen molar-refractivity contribution in [2.24, 2.45) is 0 Å². The standard InChI is InChI=1S/C30H31NO3S/c32-24-13-16-26-27(21-24)35-30(23-9-4-1-2-5-10-23)28(26)29(33)22-11-14-25(15-12-22)34-20-8-19-31-17-6-3-7-18-31/h1-2,4-5,9,11-16,21,32H,3,6-8,10,17-20H2. The molecular formula is C30H31NO3S. The minimum absolute atomic E-state index is 0.00769. The number of hydrogen-bond acceptors (Lipinski definition) is 5. The number of hydrogen-bond donors (Lipinski definition) is 1. The number of likely N-dealkylation sites (tertiary alicyclic amines) is 1. The summed E-state index contributed by atoms with van der Waals surface area (Å²) in [6, 6.07) is 12.7. The second kappa shape index (κ2) is 11.1. The van der Waals surface area contributed by atoms with Crippen LogP contribution in [-0.2, 0) is 0 Å². The third-order valence-electron chi connectivity index (χ3n) is 6.64. The van der Waals surface area contributed by atoms with Crippen molar-refractivity contribution in [1.82, 2.24) is 4.90 Å². The minimum Gasteiger partial charge on any atom is -0.508 e. The van der Waals surface area contributed by atoms with Crippen molar-refractivity contribution in [3.8, 4) is 11.5 Å². The van der Waals surface area contributed by atoms with E-state index in [1.54, 1.807) is 23.5 Å². The molecule has 1 N–H and O–H groups in total. The van der Waals surface area contributed by atoms with Gasteiger partial charge in [-0.3, -0.25) is 4.79 Å². The molecule has 5 rings (SSSR count). The average molecular weight is 486 g/mol. The zero-order chi connectivity index (χ0) is 24.0. The summed E-state index contributed by atoms with van der Waals surface area (Å²) in [5.74, 6) is 0.995. The van der Waals surface area contributed by atoms with Crippen LogP contribution in [0.4, 0.5) is 0 Å². The first-order chi connectivity index (χ1) is 17.2. The lowest BCUT2D eigenvalue weighted by Gasteiger charge is -2.26. The van der Waals surface area contributed by atoms with E-state index in [2.05, 4.69) is 17.1 Å². The van der Waals surface area contributed by atoms with E-state index < -0.39 is 0 Å². The predicted octanol–water partition coefficient (Wildman–Crippen LogP) is 6.99. The van der Waals surface area contributed by atoms with Crippen LogP contribution in [0.5, 0.6) is 11.5 Å². The fourth-order valence-electron chi connectivity index (χ4n) is 4.79. The van der Waals surface area contributed by atoms with E-state index in [1.807, 2.05) is 48.6 Å². The number of allylic oxidation sites excluding steroid dienone is 6. The number of phenolic OH excluding ortho intramolecular Hbond substituents is 1. The van der Waals surface area contributed by atoms with Gasteiger partial charge in [-0.15, -0.1) is 11.3 Å². The molecule has 2 aromatic carbocycles. The maximum atomic E-state index is 13.7. The molecule has 1 fully saturated rings. The Balaban J connectivity index is 1.33. The molecule has 2 aliphatic rings. The number of piperidine rings is 1. The number of thiophene rings is 1. The zero-order valence-electron chi connectivity index (χ0n) is 19.9. The van der Waals surface area contributed by atoms with Gasteiger partial charge in [0.1, 0.15) is 11.5 Å². The molecule has 35 heavy (non-hydrogen) atoms. The lowest BCUT2D eigenvalue weighted by molar-refractivity contribution is 0.104. The van der Waals surface area contributed by atoms with Crippen molar-refractivity contribution in [2.75, 3.05) is 26.2 Å². The van der Waals surface area contributed by atoms with Gasteiger partial charge in [0.15, 0.2) is 5.78 Å². The average Bonchev–Trinajstić information content (AvgIpc) is 3.05. The van der Waals surface area contributed by atoms with E-state index in [-0.39, 0.29) is 11.5 Å². The number of ether oxygens (including phenoxy) is 1. The van der Waals surface area contributed by atoms with Gasteiger partial charge in [-0.25, -0.2) is 0 Å². The molecule has 0 atom stereocenters. The number of nitrogens with zero attached hydrogens (tertiary/aromatic N) is 1. The number of carbonyl (C=O) groups is 1. The topological polar surface area (TPSA) is 49.8 Å². The summed E-state index contributed by atoms with van der Waals surface area (Å²) >= 11 is 1.56. The van der Waals surface area contributed by atoms with Crippen molar-refractivity contribution >= 4 is 32.8 Å². The SMILES string of the molecule is O=C(c1ccc(OCCCN2CCCCC2)cc1)c1c(C2=CC=CC=CC2)sc2cc(O)ccc12. The van der Waals surface area contributed by atoms with Gasteiger partial charge in [-0.05, 0) is 86.8 Å². The molecule has 0 bridgehead atoms. The molecule has 1 aromatic heterocycles. The highest BCUT2D eigenvalue weighted by Crippen LogP contribution is 2.40. The Morgan fingerprint density at radius 2 is 1.83 bits per heavy atom. The molecule has 180 valence electrons. The Bertz CT molecular complexity index is 1280. The smallest absolute Gasteiger partial charge is 0.195 e. The molecule has 3 aromatic rings. The van der Waals surface area contributed by atoms with Crippen LogP contribution in [0.1, 0.15) is 52.9 Å². The van der Waals surface area contributed by atoms with Crippen LogP contribution in [-0.4, -0.2) is 42.0 Å². The van der Waals surface area contributed by atoms with Gasteiger partial charge in [0.2, 0.25) is 0 Å². The van der Waals surface area contributed by atoms with Crippen LogP contribution >= 0.6 is 11.3 Å². The summed E-state index contributed by atoms with van der Waals surface area (Å²) in [6.45, 7) is 4.18. The number of fused-ring (bicyclic) bond motifs is 1. The molecule has 0 spiro atoms. The first kappa shape index (κ1) is 23.6. The quantitative estimate of drug-likeness (QED) is 0.276. The normalized spacial score (nSPS) is 16.3. The first-order valence-electron chi connectivity index (χ1n) is 12.5. The van der Waals surface area contributed by atoms with Crippen molar-refractivity contribution in [3.05, 3.63) is 88.8 Å². The number of rotatable bonds is 8. The number of aromatic hydroxyl groups is 1. The van der Waals surface area contributed by atoms with Gasteiger partial charge < -0.3 is 14.7 Å². The summed E-state index contributed by atoms with van der Waals surface area (Å²) in [4.78, 5) is 17.2. The first-order valence-corrected chi connectivity index (χ1v) is 13.3. The van der Waals surface area contributed by atoms with E-state index in [0.717, 1.165) is 45.7 Å². The van der Waals surface area contributed by atoms with Gasteiger partial charge in [-0.1, -0.05) is 36.8 Å². The van der Waals surface area contributed by atoms with Crippen molar-refractivity contribution < 1.29 is 14.6 Å². The molecule has 0 radical (unpaired) electrons. The van der Waals surface area contributed by atoms with Crippen molar-refractivity contribution in [2.45, 2.75) is 32.1 Å². The van der Waals surface area contributed by atoms with Crippen molar-refractivity contribution in [3.63, 3.8) is 0 Å².